The van der Waals surface area contributed by atoms with Gasteiger partial charge in [0.2, 0.25) is 5.91 Å². The minimum Gasteiger partial charge on any atom is -0.481 e. The van der Waals surface area contributed by atoms with Gasteiger partial charge in [0.05, 0.1) is 18.2 Å². The molecule has 5 atom stereocenters. The highest BCUT2D eigenvalue weighted by molar-refractivity contribution is 5.82. The number of benzene rings is 1. The van der Waals surface area contributed by atoms with Crippen molar-refractivity contribution in [2.75, 3.05) is 13.1 Å². The van der Waals surface area contributed by atoms with E-state index in [2.05, 4.69) is 41.8 Å². The molecule has 2 heterocycles. The molecule has 1 aromatic rings. The van der Waals surface area contributed by atoms with E-state index in [1.54, 1.807) is 0 Å². The van der Waals surface area contributed by atoms with Crippen molar-refractivity contribution >= 4 is 11.9 Å². The Kier molecular flexibility index (Phi) is 9.75. The number of carboxylic acids is 1. The first-order chi connectivity index (χ1) is 15.6. The summed E-state index contributed by atoms with van der Waals surface area (Å²) in [5.74, 6) is 0.177. The molecule has 1 unspecified atom stereocenters. The minimum atomic E-state index is -0.737. The molecule has 2 fully saturated rings. The molecule has 2 saturated heterocycles. The van der Waals surface area contributed by atoms with Crippen molar-refractivity contribution in [1.29, 1.82) is 0 Å². The van der Waals surface area contributed by atoms with Crippen LogP contribution in [-0.4, -0.2) is 48.3 Å². The van der Waals surface area contributed by atoms with E-state index >= 15 is 0 Å². The van der Waals surface area contributed by atoms with Gasteiger partial charge in [-0.2, -0.15) is 0 Å². The van der Waals surface area contributed by atoms with Crippen LogP contribution in [-0.2, 0) is 20.7 Å². The second-order valence-corrected chi connectivity index (χ2v) is 9.05. The molecule has 0 radical (unpaired) electrons. The molecule has 0 spiro atoms. The van der Waals surface area contributed by atoms with Crippen molar-refractivity contribution < 1.29 is 19.4 Å². The summed E-state index contributed by atoms with van der Waals surface area (Å²) in [5, 5.41) is 15.4. The molecule has 1 aromatic carbocycles. The van der Waals surface area contributed by atoms with Gasteiger partial charge in [-0.15, -0.1) is 0 Å². The molecular weight excluding hydrogens is 404 g/mol. The predicted molar refractivity (Wildman–Crippen MR) is 125 cm³/mol. The maximum atomic E-state index is 12.8. The van der Waals surface area contributed by atoms with Gasteiger partial charge in [0.1, 0.15) is 0 Å². The Bertz CT molecular complexity index is 751. The first-order valence-corrected chi connectivity index (χ1v) is 12.2. The highest BCUT2D eigenvalue weighted by atomic mass is 16.5. The fourth-order valence-electron chi connectivity index (χ4n) is 4.98. The summed E-state index contributed by atoms with van der Waals surface area (Å²) in [6.45, 7) is 3.53. The van der Waals surface area contributed by atoms with E-state index in [1.165, 1.54) is 0 Å². The molecule has 0 aromatic heterocycles. The standard InChI is InChI=1S/C26H38N2O4/c1-2-16-27-26(31)22(17-19-10-6-5-7-11-19)28-18-21-20(23-14-15-24(21)32-23)12-8-3-4-9-13-25(29)30/h3,5-8,10-11,20-24,28H,2,4,9,12-18H2,1H3,(H,27,31)(H,29,30)/t20-,21+,22?,23-,24+/m1/s1. The van der Waals surface area contributed by atoms with Crippen LogP contribution in [0.25, 0.3) is 0 Å². The maximum absolute atomic E-state index is 12.8. The summed E-state index contributed by atoms with van der Waals surface area (Å²) in [4.78, 5) is 23.5. The number of rotatable bonds is 14. The highest BCUT2D eigenvalue weighted by Crippen LogP contribution is 2.45. The summed E-state index contributed by atoms with van der Waals surface area (Å²) in [5.41, 5.74) is 1.15. The Morgan fingerprint density at radius 2 is 1.91 bits per heavy atom. The second-order valence-electron chi connectivity index (χ2n) is 9.05. The van der Waals surface area contributed by atoms with Gasteiger partial charge in [-0.1, -0.05) is 49.4 Å². The molecule has 3 rings (SSSR count). The Morgan fingerprint density at radius 1 is 1.16 bits per heavy atom. The van der Waals surface area contributed by atoms with Crippen molar-refractivity contribution in [3.63, 3.8) is 0 Å². The number of aliphatic carboxylic acids is 1. The van der Waals surface area contributed by atoms with Crippen molar-refractivity contribution in [1.82, 2.24) is 10.6 Å². The van der Waals surface area contributed by atoms with Crippen LogP contribution >= 0.6 is 0 Å². The zero-order chi connectivity index (χ0) is 22.8. The van der Waals surface area contributed by atoms with Crippen LogP contribution in [0.4, 0.5) is 0 Å². The van der Waals surface area contributed by atoms with Crippen LogP contribution < -0.4 is 10.6 Å². The number of fused-ring (bicyclic) bond motifs is 2. The van der Waals surface area contributed by atoms with Gasteiger partial charge in [-0.05, 0) is 56.4 Å². The summed E-state index contributed by atoms with van der Waals surface area (Å²) < 4.78 is 6.23. The Hall–Kier alpha value is -2.18. The first-order valence-electron chi connectivity index (χ1n) is 12.2. The van der Waals surface area contributed by atoms with Gasteiger partial charge in [0.25, 0.3) is 0 Å². The van der Waals surface area contributed by atoms with Gasteiger partial charge in [0, 0.05) is 25.4 Å². The van der Waals surface area contributed by atoms with E-state index in [-0.39, 0.29) is 24.5 Å². The smallest absolute Gasteiger partial charge is 0.303 e. The number of amides is 1. The minimum absolute atomic E-state index is 0.0645. The summed E-state index contributed by atoms with van der Waals surface area (Å²) in [6, 6.07) is 9.91. The number of carboxylic acid groups (broad SMARTS) is 1. The number of carbonyl (C=O) groups is 2. The molecule has 0 aliphatic carbocycles. The zero-order valence-corrected chi connectivity index (χ0v) is 19.2. The first kappa shape index (κ1) is 24.5. The van der Waals surface area contributed by atoms with Crippen LogP contribution in [0.5, 0.6) is 0 Å². The van der Waals surface area contributed by atoms with Crippen molar-refractivity contribution in [3.05, 3.63) is 48.0 Å². The summed E-state index contributed by atoms with van der Waals surface area (Å²) in [7, 11) is 0. The molecule has 2 aliphatic rings. The van der Waals surface area contributed by atoms with Gasteiger partial charge in [0.15, 0.2) is 0 Å². The number of allylic oxidation sites excluding steroid dienone is 2. The summed E-state index contributed by atoms with van der Waals surface area (Å²) in [6.07, 6.45) is 11.3. The molecule has 0 saturated carbocycles. The van der Waals surface area contributed by atoms with Gasteiger partial charge in [-0.3, -0.25) is 9.59 Å². The van der Waals surface area contributed by atoms with Gasteiger partial charge < -0.3 is 20.5 Å². The normalized spacial score (nSPS) is 25.3. The predicted octanol–water partition coefficient (Wildman–Crippen LogP) is 3.71. The van der Waals surface area contributed by atoms with E-state index in [9.17, 15) is 9.59 Å². The van der Waals surface area contributed by atoms with E-state index < -0.39 is 5.97 Å². The lowest BCUT2D eigenvalue weighted by Crippen LogP contribution is -2.49. The molecule has 176 valence electrons. The molecule has 1 amide bonds. The molecule has 2 aliphatic heterocycles. The summed E-state index contributed by atoms with van der Waals surface area (Å²) >= 11 is 0. The number of unbranched alkanes of at least 4 members (excludes halogenated alkanes) is 1. The third-order valence-electron chi connectivity index (χ3n) is 6.67. The van der Waals surface area contributed by atoms with Crippen molar-refractivity contribution in [2.45, 2.75) is 76.5 Å². The van der Waals surface area contributed by atoms with Crippen LogP contribution in [0.3, 0.4) is 0 Å². The third-order valence-corrected chi connectivity index (χ3v) is 6.67. The fraction of sp³-hybridized carbons (Fsp3) is 0.615. The number of hydrogen-bond donors (Lipinski definition) is 3. The number of hydrogen-bond acceptors (Lipinski definition) is 4. The SMILES string of the molecule is CCCNC(=O)C(Cc1ccccc1)NC[C@H]1[C@@H](CC=CCCCC(=O)O)[C@H]2CC[C@@H]1O2. The quantitative estimate of drug-likeness (QED) is 0.302. The van der Waals surface area contributed by atoms with E-state index in [1.807, 2.05) is 18.2 Å². The monoisotopic (exact) mass is 442 g/mol. The average molecular weight is 443 g/mol. The number of ether oxygens (including phenoxy) is 1. The second kappa shape index (κ2) is 12.8. The lowest BCUT2D eigenvalue weighted by molar-refractivity contribution is -0.137. The van der Waals surface area contributed by atoms with Gasteiger partial charge >= 0.3 is 5.97 Å². The van der Waals surface area contributed by atoms with Crippen LogP contribution in [0.15, 0.2) is 42.5 Å². The topological polar surface area (TPSA) is 87.7 Å². The molecular formula is C26H38N2O4. The molecule has 32 heavy (non-hydrogen) atoms. The molecule has 6 heteroatoms. The Balaban J connectivity index is 1.55. The molecule has 6 nitrogen and oxygen atoms in total. The van der Waals surface area contributed by atoms with Crippen LogP contribution in [0.1, 0.15) is 57.4 Å². The third kappa shape index (κ3) is 7.17. The Labute approximate surface area is 191 Å². The average Bonchev–Trinajstić information content (AvgIpc) is 3.39. The molecule has 2 bridgehead atoms. The Morgan fingerprint density at radius 3 is 2.62 bits per heavy atom. The van der Waals surface area contributed by atoms with E-state index in [4.69, 9.17) is 9.84 Å². The van der Waals surface area contributed by atoms with E-state index in [0.717, 1.165) is 44.2 Å². The van der Waals surface area contributed by atoms with Crippen LogP contribution in [0, 0.1) is 11.8 Å². The largest absolute Gasteiger partial charge is 0.481 e. The van der Waals surface area contributed by atoms with Crippen molar-refractivity contribution in [2.24, 2.45) is 11.8 Å². The fourth-order valence-corrected chi connectivity index (χ4v) is 4.98. The van der Waals surface area contributed by atoms with E-state index in [0.29, 0.717) is 37.3 Å². The highest BCUT2D eigenvalue weighted by Gasteiger charge is 2.48. The van der Waals surface area contributed by atoms with Crippen LogP contribution in [0.2, 0.25) is 0 Å². The number of nitrogens with one attached hydrogen (secondary N) is 2. The van der Waals surface area contributed by atoms with Crippen molar-refractivity contribution in [3.8, 4) is 0 Å². The lowest BCUT2D eigenvalue weighted by atomic mass is 9.77. The maximum Gasteiger partial charge on any atom is 0.303 e. The number of carbonyl (C=O) groups excluding carboxylic acids is 1. The lowest BCUT2D eigenvalue weighted by Gasteiger charge is -2.29. The molecule has 3 N–H and O–H groups in total. The zero-order valence-electron chi connectivity index (χ0n) is 19.2. The van der Waals surface area contributed by atoms with Gasteiger partial charge in [-0.25, -0.2) is 0 Å².